The van der Waals surface area contributed by atoms with Crippen molar-refractivity contribution in [1.29, 1.82) is 0 Å². The quantitative estimate of drug-likeness (QED) is 0.208. The largest absolute Gasteiger partial charge is 0.497 e. The molecule has 1 fully saturated rings. The molecule has 1 saturated heterocycles. The fraction of sp³-hybridized carbons (Fsp3) is 0.471. The summed E-state index contributed by atoms with van der Waals surface area (Å²) >= 11 is 0. The van der Waals surface area contributed by atoms with Gasteiger partial charge in [0.25, 0.3) is 0 Å². The van der Waals surface area contributed by atoms with E-state index in [0.29, 0.717) is 16.9 Å². The van der Waals surface area contributed by atoms with E-state index in [1.54, 1.807) is 75.4 Å². The Morgan fingerprint density at radius 3 is 2.24 bits per heavy atom. The Bertz CT molecular complexity index is 1350. The third kappa shape index (κ3) is 8.71. The minimum Gasteiger partial charge on any atom is -0.497 e. The van der Waals surface area contributed by atoms with Crippen LogP contribution in [0.4, 0.5) is 0 Å². The van der Waals surface area contributed by atoms with Crippen LogP contribution in [0.2, 0.25) is 0 Å². The first-order chi connectivity index (χ1) is 21.6. The molecule has 2 aliphatic rings. The zero-order chi connectivity index (χ0) is 32.6. The summed E-state index contributed by atoms with van der Waals surface area (Å²) in [6, 6.07) is 12.0. The minimum atomic E-state index is -1.04. The van der Waals surface area contributed by atoms with Crippen LogP contribution in [0, 0.1) is 5.92 Å². The highest BCUT2D eigenvalue weighted by Gasteiger charge is 2.49. The number of ether oxygens (including phenoxy) is 9. The summed E-state index contributed by atoms with van der Waals surface area (Å²) in [5, 5.41) is 0. The average Bonchev–Trinajstić information content (AvgIpc) is 3.35. The van der Waals surface area contributed by atoms with Crippen molar-refractivity contribution in [3.63, 3.8) is 0 Å². The first-order valence-electron chi connectivity index (χ1n) is 14.7. The maximum atomic E-state index is 13.7. The number of methoxy groups -OCH3 is 3. The second-order valence-electron chi connectivity index (χ2n) is 11.2. The van der Waals surface area contributed by atoms with Crippen molar-refractivity contribution >= 4 is 18.0 Å². The summed E-state index contributed by atoms with van der Waals surface area (Å²) in [7, 11) is 4.50. The van der Waals surface area contributed by atoms with Crippen molar-refractivity contribution < 1.29 is 52.2 Å². The van der Waals surface area contributed by atoms with Crippen molar-refractivity contribution in [2.24, 2.45) is 5.92 Å². The summed E-state index contributed by atoms with van der Waals surface area (Å²) in [5.41, 5.74) is 1.02. The number of hydrogen-bond acceptors (Lipinski definition) is 11. The van der Waals surface area contributed by atoms with Crippen LogP contribution in [0.1, 0.15) is 54.0 Å². The standard InChI is InChI=1S/C34H42O11/c1-21-13-15-27(43-32(35)23-11-9-8-10-12-23)31-30(44-34(3,4)45-31)26(40-19-37-5)16-14-24-17-25(39-7)18-28(41-20-38-6)29(24)33(36)42-22(21)2/h8-18,21-22,26-27,30-31H,19-20H2,1-7H3/b15-13-,16-14+/t21-,22+,26?,27?,30+,31-/m1/s1. The van der Waals surface area contributed by atoms with Crippen LogP contribution in [0.25, 0.3) is 6.08 Å². The summed E-state index contributed by atoms with van der Waals surface area (Å²) in [6.45, 7) is 7.07. The van der Waals surface area contributed by atoms with Gasteiger partial charge in [-0.3, -0.25) is 0 Å². The molecule has 11 heteroatoms. The number of hydrogen-bond donors (Lipinski definition) is 0. The first kappa shape index (κ1) is 34.1. The van der Waals surface area contributed by atoms with Gasteiger partial charge in [-0.1, -0.05) is 43.4 Å². The maximum absolute atomic E-state index is 13.7. The van der Waals surface area contributed by atoms with Gasteiger partial charge < -0.3 is 42.6 Å². The van der Waals surface area contributed by atoms with E-state index in [-0.39, 0.29) is 30.8 Å². The van der Waals surface area contributed by atoms with Crippen LogP contribution in [0.3, 0.4) is 0 Å². The van der Waals surface area contributed by atoms with Gasteiger partial charge in [0.05, 0.1) is 12.7 Å². The molecule has 0 bridgehead atoms. The molecule has 0 aromatic heterocycles. The lowest BCUT2D eigenvalue weighted by atomic mass is 9.97. The number of carbonyl (C=O) groups excluding carboxylic acids is 2. The van der Waals surface area contributed by atoms with Gasteiger partial charge in [-0.2, -0.15) is 0 Å². The fourth-order valence-corrected chi connectivity index (χ4v) is 5.00. The highest BCUT2D eigenvalue weighted by molar-refractivity contribution is 5.97. The monoisotopic (exact) mass is 626 g/mol. The van der Waals surface area contributed by atoms with E-state index >= 15 is 0 Å². The Balaban J connectivity index is 1.85. The van der Waals surface area contributed by atoms with Crippen molar-refractivity contribution in [3.05, 3.63) is 77.4 Å². The van der Waals surface area contributed by atoms with Crippen LogP contribution in [0.15, 0.2) is 60.7 Å². The van der Waals surface area contributed by atoms with Crippen molar-refractivity contribution in [2.75, 3.05) is 34.9 Å². The lowest BCUT2D eigenvalue weighted by Crippen LogP contribution is -2.44. The molecule has 4 rings (SSSR count). The van der Waals surface area contributed by atoms with Gasteiger partial charge in [0, 0.05) is 26.2 Å². The van der Waals surface area contributed by atoms with Crippen LogP contribution in [-0.2, 0) is 33.2 Å². The fourth-order valence-electron chi connectivity index (χ4n) is 5.00. The number of rotatable bonds is 9. The zero-order valence-electron chi connectivity index (χ0n) is 26.7. The molecule has 0 amide bonds. The van der Waals surface area contributed by atoms with Crippen LogP contribution < -0.4 is 9.47 Å². The molecule has 244 valence electrons. The topological polar surface area (TPSA) is 117 Å². The predicted octanol–water partition coefficient (Wildman–Crippen LogP) is 5.18. The Hall–Kier alpha value is -3.74. The third-order valence-corrected chi connectivity index (χ3v) is 7.42. The van der Waals surface area contributed by atoms with E-state index in [2.05, 4.69) is 0 Å². The van der Waals surface area contributed by atoms with E-state index in [4.69, 9.17) is 42.6 Å². The molecule has 0 N–H and O–H groups in total. The van der Waals surface area contributed by atoms with Crippen molar-refractivity contribution in [3.8, 4) is 11.5 Å². The maximum Gasteiger partial charge on any atom is 0.342 e. The molecule has 11 nitrogen and oxygen atoms in total. The molecule has 2 aromatic rings. The molecule has 45 heavy (non-hydrogen) atoms. The highest BCUT2D eigenvalue weighted by Crippen LogP contribution is 2.37. The molecule has 0 radical (unpaired) electrons. The van der Waals surface area contributed by atoms with Crippen LogP contribution in [-0.4, -0.2) is 83.2 Å². The smallest absolute Gasteiger partial charge is 0.342 e. The predicted molar refractivity (Wildman–Crippen MR) is 164 cm³/mol. The normalized spacial score (nSPS) is 27.7. The molecule has 2 aromatic carbocycles. The van der Waals surface area contributed by atoms with Gasteiger partial charge in [0.15, 0.2) is 12.6 Å². The molecular weight excluding hydrogens is 584 g/mol. The molecule has 0 spiro atoms. The number of benzene rings is 2. The van der Waals surface area contributed by atoms with Gasteiger partial charge in [0.1, 0.15) is 54.4 Å². The second-order valence-corrected chi connectivity index (χ2v) is 11.2. The molecule has 2 unspecified atom stereocenters. The van der Waals surface area contributed by atoms with Gasteiger partial charge in [-0.25, -0.2) is 9.59 Å². The number of fused-ring (bicyclic) bond motifs is 2. The summed E-state index contributed by atoms with van der Waals surface area (Å²) < 4.78 is 52.4. The average molecular weight is 627 g/mol. The first-order valence-corrected chi connectivity index (χ1v) is 14.7. The number of cyclic esters (lactones) is 1. The van der Waals surface area contributed by atoms with E-state index in [9.17, 15) is 9.59 Å². The lowest BCUT2D eigenvalue weighted by Gasteiger charge is -2.29. The minimum absolute atomic E-state index is 0.0733. The SMILES string of the molecule is COCOc1cc(OC)cc2c1C(=O)O[C@@H](C)[C@H](C)/C=C\C(OC(=O)c1ccccc1)[C@H]1OC(C)(C)O[C@H]1C(OCOC)/C=C/2. The second kappa shape index (κ2) is 15.5. The lowest BCUT2D eigenvalue weighted by molar-refractivity contribution is -0.165. The molecule has 0 saturated carbocycles. The van der Waals surface area contributed by atoms with Crippen molar-refractivity contribution in [1.82, 2.24) is 0 Å². The number of carbonyl (C=O) groups is 2. The van der Waals surface area contributed by atoms with Crippen LogP contribution in [0.5, 0.6) is 11.5 Å². The Morgan fingerprint density at radius 1 is 0.889 bits per heavy atom. The Labute approximate surface area is 263 Å². The van der Waals surface area contributed by atoms with Gasteiger partial charge in [0.2, 0.25) is 0 Å². The molecule has 2 heterocycles. The van der Waals surface area contributed by atoms with Crippen molar-refractivity contribution in [2.45, 2.75) is 64.0 Å². The van der Waals surface area contributed by atoms with E-state index in [1.165, 1.54) is 21.3 Å². The van der Waals surface area contributed by atoms with E-state index < -0.39 is 48.2 Å². The molecule has 0 aliphatic carbocycles. The highest BCUT2D eigenvalue weighted by atomic mass is 16.8. The summed E-state index contributed by atoms with van der Waals surface area (Å²) in [6.07, 6.45) is 3.23. The summed E-state index contributed by atoms with van der Waals surface area (Å²) in [5.74, 6) is -1.79. The Kier molecular flexibility index (Phi) is 11.8. The molecular formula is C34H42O11. The van der Waals surface area contributed by atoms with Gasteiger partial charge in [-0.15, -0.1) is 0 Å². The summed E-state index contributed by atoms with van der Waals surface area (Å²) in [4.78, 5) is 27.0. The molecule has 2 aliphatic heterocycles. The zero-order valence-corrected chi connectivity index (χ0v) is 26.7. The van der Waals surface area contributed by atoms with Crippen LogP contribution >= 0.6 is 0 Å². The van der Waals surface area contributed by atoms with Gasteiger partial charge >= 0.3 is 11.9 Å². The third-order valence-electron chi connectivity index (χ3n) is 7.42. The van der Waals surface area contributed by atoms with E-state index in [1.807, 2.05) is 19.1 Å². The molecule has 6 atom stereocenters. The number of esters is 2. The van der Waals surface area contributed by atoms with Gasteiger partial charge in [-0.05, 0) is 50.6 Å². The Morgan fingerprint density at radius 2 is 1.58 bits per heavy atom. The van der Waals surface area contributed by atoms with E-state index in [0.717, 1.165) is 0 Å².